The molecule has 0 heterocycles. The van der Waals surface area contributed by atoms with Gasteiger partial charge in [-0.2, -0.15) is 48.8 Å². The standard InChI is InChI=1S/C9H20OS4/c1-7(4-11)13-6-9(3-10)14-8(2)5-12/h7-12H,3-6H2,1-2H3. The Hall–Kier alpha value is 1.36. The van der Waals surface area contributed by atoms with Crippen LogP contribution in [0, 0.1) is 0 Å². The number of thiol groups is 2. The molecule has 0 saturated carbocycles. The maximum atomic E-state index is 9.18. The Kier molecular flexibility index (Phi) is 10.5. The molecule has 0 aliphatic carbocycles. The summed E-state index contributed by atoms with van der Waals surface area (Å²) in [5, 5.41) is 10.6. The largest absolute Gasteiger partial charge is 0.395 e. The Morgan fingerprint density at radius 3 is 2.14 bits per heavy atom. The Labute approximate surface area is 107 Å². The lowest BCUT2D eigenvalue weighted by atomic mass is 10.5. The van der Waals surface area contributed by atoms with E-state index in [-0.39, 0.29) is 6.61 Å². The number of hydrogen-bond acceptors (Lipinski definition) is 5. The van der Waals surface area contributed by atoms with Gasteiger partial charge in [-0.05, 0) is 0 Å². The monoisotopic (exact) mass is 272 g/mol. The first-order valence-electron chi connectivity index (χ1n) is 4.73. The van der Waals surface area contributed by atoms with Crippen LogP contribution in [0.25, 0.3) is 0 Å². The summed E-state index contributed by atoms with van der Waals surface area (Å²) in [6.07, 6.45) is 0. The maximum absolute atomic E-state index is 9.18. The van der Waals surface area contributed by atoms with Crippen molar-refractivity contribution in [2.75, 3.05) is 23.9 Å². The molecular weight excluding hydrogens is 252 g/mol. The molecule has 0 aliphatic heterocycles. The van der Waals surface area contributed by atoms with Gasteiger partial charge in [-0.25, -0.2) is 0 Å². The Morgan fingerprint density at radius 1 is 1.14 bits per heavy atom. The minimum absolute atomic E-state index is 0.259. The van der Waals surface area contributed by atoms with Gasteiger partial charge < -0.3 is 5.11 Å². The van der Waals surface area contributed by atoms with Gasteiger partial charge >= 0.3 is 0 Å². The molecule has 0 spiro atoms. The predicted octanol–water partition coefficient (Wildman–Crippen LogP) is 2.45. The lowest BCUT2D eigenvalue weighted by Gasteiger charge is -2.18. The summed E-state index contributed by atoms with van der Waals surface area (Å²) in [7, 11) is 0. The van der Waals surface area contributed by atoms with Gasteiger partial charge in [0.05, 0.1) is 6.61 Å². The highest BCUT2D eigenvalue weighted by atomic mass is 32.2. The van der Waals surface area contributed by atoms with Crippen LogP contribution in [0.4, 0.5) is 0 Å². The summed E-state index contributed by atoms with van der Waals surface area (Å²) in [6, 6.07) is 0. The van der Waals surface area contributed by atoms with Crippen LogP contribution in [0.5, 0.6) is 0 Å². The smallest absolute Gasteiger partial charge is 0.0558 e. The first-order valence-corrected chi connectivity index (χ1v) is 7.99. The zero-order valence-corrected chi connectivity index (χ0v) is 12.1. The van der Waals surface area contributed by atoms with E-state index in [4.69, 9.17) is 0 Å². The number of thioether (sulfide) groups is 2. The van der Waals surface area contributed by atoms with Crippen molar-refractivity contribution >= 4 is 48.8 Å². The van der Waals surface area contributed by atoms with Crippen molar-refractivity contribution in [2.24, 2.45) is 0 Å². The zero-order chi connectivity index (χ0) is 11.0. The highest BCUT2D eigenvalue weighted by molar-refractivity contribution is 8.04. The second-order valence-corrected chi connectivity index (χ2v) is 7.21. The Balaban J connectivity index is 3.68. The zero-order valence-electron chi connectivity index (χ0n) is 8.72. The number of aliphatic hydroxyl groups excluding tert-OH is 1. The van der Waals surface area contributed by atoms with Gasteiger partial charge in [-0.15, -0.1) is 0 Å². The molecule has 5 heteroatoms. The van der Waals surface area contributed by atoms with E-state index >= 15 is 0 Å². The first-order chi connectivity index (χ1) is 6.63. The molecule has 14 heavy (non-hydrogen) atoms. The van der Waals surface area contributed by atoms with E-state index in [1.807, 2.05) is 23.5 Å². The van der Waals surface area contributed by atoms with Crippen LogP contribution < -0.4 is 0 Å². The Morgan fingerprint density at radius 2 is 1.71 bits per heavy atom. The van der Waals surface area contributed by atoms with Crippen molar-refractivity contribution in [3.63, 3.8) is 0 Å². The van der Waals surface area contributed by atoms with Crippen molar-refractivity contribution < 1.29 is 5.11 Å². The SMILES string of the molecule is CC(CS)SCC(CO)SC(C)CS. The van der Waals surface area contributed by atoms with Gasteiger partial charge in [0, 0.05) is 33.0 Å². The van der Waals surface area contributed by atoms with E-state index in [9.17, 15) is 5.11 Å². The molecule has 1 N–H and O–H groups in total. The fourth-order valence-corrected chi connectivity index (χ4v) is 3.54. The average Bonchev–Trinajstić information content (AvgIpc) is 2.22. The lowest BCUT2D eigenvalue weighted by Crippen LogP contribution is -2.18. The van der Waals surface area contributed by atoms with Crippen LogP contribution in [0.1, 0.15) is 13.8 Å². The summed E-state index contributed by atoms with van der Waals surface area (Å²) in [6.45, 7) is 4.57. The molecule has 0 aromatic heterocycles. The third kappa shape index (κ3) is 7.63. The molecule has 0 bridgehead atoms. The molecule has 3 unspecified atom stereocenters. The van der Waals surface area contributed by atoms with Crippen molar-refractivity contribution in [3.8, 4) is 0 Å². The van der Waals surface area contributed by atoms with E-state index in [0.717, 1.165) is 17.3 Å². The number of hydrogen-bond donors (Lipinski definition) is 3. The van der Waals surface area contributed by atoms with Gasteiger partial charge in [0.25, 0.3) is 0 Å². The molecule has 0 saturated heterocycles. The molecule has 1 nitrogen and oxygen atoms in total. The molecule has 0 aromatic rings. The van der Waals surface area contributed by atoms with E-state index in [1.165, 1.54) is 0 Å². The maximum Gasteiger partial charge on any atom is 0.0558 e. The van der Waals surface area contributed by atoms with Gasteiger partial charge in [0.15, 0.2) is 0 Å². The fourth-order valence-electron chi connectivity index (χ4n) is 0.831. The number of rotatable bonds is 8. The minimum atomic E-state index is 0.259. The molecule has 0 rings (SSSR count). The molecule has 0 aromatic carbocycles. The summed E-state index contributed by atoms with van der Waals surface area (Å²) in [4.78, 5) is 0. The average molecular weight is 273 g/mol. The summed E-state index contributed by atoms with van der Waals surface area (Å²) in [5.74, 6) is 2.77. The normalized spacial score (nSPS) is 17.8. The van der Waals surface area contributed by atoms with Crippen molar-refractivity contribution in [1.82, 2.24) is 0 Å². The Bertz CT molecular complexity index is 134. The van der Waals surface area contributed by atoms with E-state index < -0.39 is 0 Å². The summed E-state index contributed by atoms with van der Waals surface area (Å²) >= 11 is 12.2. The molecule has 86 valence electrons. The van der Waals surface area contributed by atoms with Crippen LogP contribution in [-0.2, 0) is 0 Å². The van der Waals surface area contributed by atoms with E-state index in [1.54, 1.807) is 0 Å². The highest BCUT2D eigenvalue weighted by Gasteiger charge is 2.13. The summed E-state index contributed by atoms with van der Waals surface area (Å²) < 4.78 is 0. The third-order valence-corrected chi connectivity index (χ3v) is 6.17. The van der Waals surface area contributed by atoms with Crippen LogP contribution >= 0.6 is 48.8 Å². The van der Waals surface area contributed by atoms with E-state index in [0.29, 0.717) is 15.7 Å². The molecule has 0 aliphatic rings. The molecule has 0 fully saturated rings. The van der Waals surface area contributed by atoms with E-state index in [2.05, 4.69) is 39.1 Å². The second-order valence-electron chi connectivity index (χ2n) is 3.26. The fraction of sp³-hybridized carbons (Fsp3) is 1.00. The molecule has 0 radical (unpaired) electrons. The van der Waals surface area contributed by atoms with Crippen LogP contribution in [-0.4, -0.2) is 44.7 Å². The number of aliphatic hydroxyl groups is 1. The van der Waals surface area contributed by atoms with Gasteiger partial charge in [0.2, 0.25) is 0 Å². The van der Waals surface area contributed by atoms with Crippen LogP contribution in [0.3, 0.4) is 0 Å². The van der Waals surface area contributed by atoms with Gasteiger partial charge in [0.1, 0.15) is 0 Å². The summed E-state index contributed by atoms with van der Waals surface area (Å²) in [5.41, 5.74) is 0. The molecule has 3 atom stereocenters. The van der Waals surface area contributed by atoms with Gasteiger partial charge in [-0.3, -0.25) is 0 Å². The van der Waals surface area contributed by atoms with Crippen molar-refractivity contribution in [1.29, 1.82) is 0 Å². The first kappa shape index (κ1) is 15.4. The molecule has 0 amide bonds. The van der Waals surface area contributed by atoms with Crippen molar-refractivity contribution in [3.05, 3.63) is 0 Å². The minimum Gasteiger partial charge on any atom is -0.395 e. The van der Waals surface area contributed by atoms with Crippen LogP contribution in [0.15, 0.2) is 0 Å². The predicted molar refractivity (Wildman–Crippen MR) is 77.6 cm³/mol. The highest BCUT2D eigenvalue weighted by Crippen LogP contribution is 2.24. The third-order valence-electron chi connectivity index (χ3n) is 1.71. The second kappa shape index (κ2) is 9.58. The van der Waals surface area contributed by atoms with Gasteiger partial charge in [-0.1, -0.05) is 13.8 Å². The topological polar surface area (TPSA) is 20.2 Å². The lowest BCUT2D eigenvalue weighted by molar-refractivity contribution is 0.301. The van der Waals surface area contributed by atoms with Crippen molar-refractivity contribution in [2.45, 2.75) is 29.6 Å². The molecular formula is C9H20OS4. The van der Waals surface area contributed by atoms with Crippen LogP contribution in [0.2, 0.25) is 0 Å². The quantitative estimate of drug-likeness (QED) is 0.591.